The SMILES string of the molecule is CCCCCC(CC(=O)N1N=CCC[C@H]1C(=O)NC1COC(=O)[C@@H]2CCCNN2C(=O)[C@H](C)NC(=O)C(CC(C)C)NC1=O)C(=O)O. The summed E-state index contributed by atoms with van der Waals surface area (Å²) in [6.07, 6.45) is 5.33. The zero-order chi connectivity index (χ0) is 34.7. The smallest absolute Gasteiger partial charge is 0.330 e. The number of nitrogens with zero attached hydrogens (tertiary/aromatic N) is 3. The van der Waals surface area contributed by atoms with Gasteiger partial charge in [0.15, 0.2) is 0 Å². The van der Waals surface area contributed by atoms with E-state index in [2.05, 4.69) is 26.5 Å². The topological polar surface area (TPSA) is 216 Å². The Kier molecular flexibility index (Phi) is 14.1. The minimum absolute atomic E-state index is 0.0389. The van der Waals surface area contributed by atoms with Crippen LogP contribution in [0.15, 0.2) is 5.10 Å². The molecule has 3 aliphatic heterocycles. The highest BCUT2D eigenvalue weighted by molar-refractivity contribution is 5.97. The number of esters is 1. The van der Waals surface area contributed by atoms with Crippen molar-refractivity contribution in [2.45, 2.75) is 122 Å². The summed E-state index contributed by atoms with van der Waals surface area (Å²) in [4.78, 5) is 92.1. The van der Waals surface area contributed by atoms with Crippen molar-refractivity contribution in [1.82, 2.24) is 31.4 Å². The number of aliphatic carboxylic acids is 1. The monoisotopic (exact) mass is 663 g/mol. The lowest BCUT2D eigenvalue weighted by Gasteiger charge is -2.36. The highest BCUT2D eigenvalue weighted by atomic mass is 16.5. The third kappa shape index (κ3) is 10.5. The average molecular weight is 664 g/mol. The number of rotatable bonds is 11. The molecule has 0 radical (unpaired) electrons. The van der Waals surface area contributed by atoms with Crippen LogP contribution in [0.5, 0.6) is 0 Å². The van der Waals surface area contributed by atoms with Crippen molar-refractivity contribution in [1.29, 1.82) is 0 Å². The molecular formula is C31H49N7O9. The van der Waals surface area contributed by atoms with Crippen molar-refractivity contribution in [3.63, 3.8) is 0 Å². The number of carbonyl (C=O) groups is 7. The second-order valence-electron chi connectivity index (χ2n) is 12.8. The summed E-state index contributed by atoms with van der Waals surface area (Å²) in [6, 6.07) is -5.73. The summed E-state index contributed by atoms with van der Waals surface area (Å²) in [7, 11) is 0. The van der Waals surface area contributed by atoms with Gasteiger partial charge in [-0.2, -0.15) is 5.10 Å². The number of hydrazone groups is 1. The van der Waals surface area contributed by atoms with Crippen LogP contribution in [0.1, 0.15) is 91.9 Å². The first kappa shape index (κ1) is 37.4. The van der Waals surface area contributed by atoms with Gasteiger partial charge in [0.25, 0.3) is 5.91 Å². The van der Waals surface area contributed by atoms with Crippen LogP contribution in [0.25, 0.3) is 0 Å². The van der Waals surface area contributed by atoms with E-state index in [1.54, 1.807) is 0 Å². The Hall–Kier alpha value is -4.08. The highest BCUT2D eigenvalue weighted by Crippen LogP contribution is 2.21. The van der Waals surface area contributed by atoms with Crippen molar-refractivity contribution in [3.05, 3.63) is 0 Å². The molecule has 0 bridgehead atoms. The van der Waals surface area contributed by atoms with Gasteiger partial charge in [-0.3, -0.25) is 33.8 Å². The number of ether oxygens (including phenoxy) is 1. The third-order valence-electron chi connectivity index (χ3n) is 8.41. The molecule has 6 atom stereocenters. The van der Waals surface area contributed by atoms with Crippen molar-refractivity contribution < 1.29 is 43.4 Å². The largest absolute Gasteiger partial charge is 0.481 e. The van der Waals surface area contributed by atoms with Gasteiger partial charge in [0, 0.05) is 19.2 Å². The number of cyclic esters (lactones) is 1. The molecule has 2 saturated heterocycles. The molecule has 3 rings (SSSR count). The lowest BCUT2D eigenvalue weighted by molar-refractivity contribution is -0.162. The van der Waals surface area contributed by atoms with E-state index >= 15 is 0 Å². The first-order chi connectivity index (χ1) is 22.3. The van der Waals surface area contributed by atoms with Gasteiger partial charge in [0.1, 0.15) is 36.8 Å². The van der Waals surface area contributed by atoms with Crippen molar-refractivity contribution in [2.24, 2.45) is 16.9 Å². The second kappa shape index (κ2) is 17.7. The molecule has 16 nitrogen and oxygen atoms in total. The number of hydrogen-bond acceptors (Lipinski definition) is 10. The van der Waals surface area contributed by atoms with Crippen molar-refractivity contribution in [2.75, 3.05) is 13.2 Å². The maximum absolute atomic E-state index is 13.6. The fraction of sp³-hybridized carbons (Fsp3) is 0.742. The molecule has 3 heterocycles. The maximum Gasteiger partial charge on any atom is 0.330 e. The van der Waals surface area contributed by atoms with Gasteiger partial charge in [-0.25, -0.2) is 15.2 Å². The van der Waals surface area contributed by atoms with Crippen LogP contribution in [-0.2, 0) is 38.3 Å². The van der Waals surface area contributed by atoms with Crippen LogP contribution in [0.3, 0.4) is 0 Å². The van der Waals surface area contributed by atoms with Gasteiger partial charge < -0.3 is 25.8 Å². The summed E-state index contributed by atoms with van der Waals surface area (Å²) in [5, 5.41) is 23.7. The zero-order valence-electron chi connectivity index (χ0n) is 27.7. The molecule has 0 aromatic rings. The maximum atomic E-state index is 13.6. The van der Waals surface area contributed by atoms with Gasteiger partial charge in [-0.1, -0.05) is 40.0 Å². The molecule has 3 unspecified atom stereocenters. The van der Waals surface area contributed by atoms with E-state index in [0.717, 1.165) is 22.9 Å². The number of carboxylic acids is 1. The van der Waals surface area contributed by atoms with Gasteiger partial charge >= 0.3 is 11.9 Å². The average Bonchev–Trinajstić information content (AvgIpc) is 3.04. The highest BCUT2D eigenvalue weighted by Gasteiger charge is 2.40. The normalized spacial score (nSPS) is 26.5. The minimum atomic E-state index is -1.46. The van der Waals surface area contributed by atoms with E-state index < -0.39 is 84.2 Å². The summed E-state index contributed by atoms with van der Waals surface area (Å²) < 4.78 is 5.49. The molecule has 0 spiro atoms. The molecule has 0 aromatic carbocycles. The third-order valence-corrected chi connectivity index (χ3v) is 8.41. The van der Waals surface area contributed by atoms with E-state index in [9.17, 15) is 38.7 Å². The molecule has 3 aliphatic rings. The second-order valence-corrected chi connectivity index (χ2v) is 12.8. The molecule has 262 valence electrons. The number of carboxylic acid groups (broad SMARTS) is 1. The molecule has 2 fully saturated rings. The Labute approximate surface area is 274 Å². The minimum Gasteiger partial charge on any atom is -0.481 e. The molecule has 0 saturated carbocycles. The standard InChI is InChI=1S/C31H49N7O9/c1-5-6-7-10-20(30(44)45)16-25(39)37-23(11-8-13-32-37)28(42)36-22-17-47-31(46)24-12-9-14-33-38(24)29(43)19(4)34-26(40)21(15-18(2)3)35-27(22)41/h13,18-24,33H,5-12,14-17H2,1-4H3,(H,34,40)(H,35,41)(H,36,42)(H,44,45)/t19-,20?,21?,22?,23-,24-/m0/s1. The molecule has 5 N–H and O–H groups in total. The number of hydrogen-bond donors (Lipinski definition) is 5. The van der Waals surface area contributed by atoms with E-state index in [4.69, 9.17) is 4.74 Å². The van der Waals surface area contributed by atoms with Crippen LogP contribution < -0.4 is 21.4 Å². The lowest BCUT2D eigenvalue weighted by Crippen LogP contribution is -2.61. The molecular weight excluding hydrogens is 614 g/mol. The molecule has 5 amide bonds. The number of unbranched alkanes of at least 4 members (excludes halogenated alkanes) is 2. The quantitative estimate of drug-likeness (QED) is 0.150. The fourth-order valence-corrected chi connectivity index (χ4v) is 5.78. The van der Waals surface area contributed by atoms with Crippen molar-refractivity contribution in [3.8, 4) is 0 Å². The number of carbonyl (C=O) groups excluding carboxylic acids is 6. The fourth-order valence-electron chi connectivity index (χ4n) is 5.78. The zero-order valence-corrected chi connectivity index (χ0v) is 27.7. The predicted molar refractivity (Wildman–Crippen MR) is 168 cm³/mol. The molecule has 47 heavy (non-hydrogen) atoms. The van der Waals surface area contributed by atoms with E-state index in [-0.39, 0.29) is 31.6 Å². The summed E-state index contributed by atoms with van der Waals surface area (Å²) in [5.74, 6) is -6.25. The summed E-state index contributed by atoms with van der Waals surface area (Å²) in [5.41, 5.74) is 2.89. The summed E-state index contributed by atoms with van der Waals surface area (Å²) in [6.45, 7) is 7.00. The molecule has 0 aliphatic carbocycles. The first-order valence-corrected chi connectivity index (χ1v) is 16.6. The van der Waals surface area contributed by atoms with Crippen LogP contribution in [-0.4, -0.2) is 106 Å². The molecule has 16 heteroatoms. The Morgan fingerprint density at radius 3 is 2.53 bits per heavy atom. The van der Waals surface area contributed by atoms with Crippen LogP contribution >= 0.6 is 0 Å². The number of amides is 5. The van der Waals surface area contributed by atoms with Gasteiger partial charge in [0.05, 0.1) is 5.92 Å². The van der Waals surface area contributed by atoms with Crippen molar-refractivity contribution >= 4 is 47.7 Å². The van der Waals surface area contributed by atoms with E-state index in [1.807, 2.05) is 20.8 Å². The Morgan fingerprint density at radius 2 is 1.85 bits per heavy atom. The van der Waals surface area contributed by atoms with Crippen LogP contribution in [0.4, 0.5) is 0 Å². The van der Waals surface area contributed by atoms with Gasteiger partial charge in [0.2, 0.25) is 23.6 Å². The van der Waals surface area contributed by atoms with Gasteiger partial charge in [-0.05, 0) is 51.4 Å². The van der Waals surface area contributed by atoms with E-state index in [0.29, 0.717) is 32.2 Å². The number of fused-ring (bicyclic) bond motifs is 1. The number of nitrogens with one attached hydrogen (secondary N) is 4. The lowest BCUT2D eigenvalue weighted by atomic mass is 9.97. The summed E-state index contributed by atoms with van der Waals surface area (Å²) >= 11 is 0. The number of hydrazine groups is 1. The predicted octanol–water partition coefficient (Wildman–Crippen LogP) is 0.207. The molecule has 0 aromatic heterocycles. The first-order valence-electron chi connectivity index (χ1n) is 16.6. The van der Waals surface area contributed by atoms with E-state index in [1.165, 1.54) is 13.1 Å². The van der Waals surface area contributed by atoms with Gasteiger partial charge in [-0.15, -0.1) is 0 Å². The Morgan fingerprint density at radius 1 is 1.11 bits per heavy atom. The van der Waals surface area contributed by atoms with Crippen LogP contribution in [0, 0.1) is 11.8 Å². The Balaban J connectivity index is 1.84. The Bertz CT molecular complexity index is 1210. The van der Waals surface area contributed by atoms with Crippen LogP contribution in [0.2, 0.25) is 0 Å².